The molecule has 0 aliphatic heterocycles. The van der Waals surface area contributed by atoms with Gasteiger partial charge in [-0.1, -0.05) is 13.8 Å². The van der Waals surface area contributed by atoms with Crippen LogP contribution in [0.4, 0.5) is 5.69 Å². The second-order valence-corrected chi connectivity index (χ2v) is 7.99. The second-order valence-electron chi connectivity index (χ2n) is 7.19. The zero-order valence-electron chi connectivity index (χ0n) is 17.4. The van der Waals surface area contributed by atoms with E-state index >= 15 is 0 Å². The van der Waals surface area contributed by atoms with Gasteiger partial charge >= 0.3 is 0 Å². The predicted molar refractivity (Wildman–Crippen MR) is 121 cm³/mol. The molecule has 4 aromatic rings. The molecule has 0 aliphatic rings. The van der Waals surface area contributed by atoms with Gasteiger partial charge in [0.05, 0.1) is 41.6 Å². The summed E-state index contributed by atoms with van der Waals surface area (Å²) < 4.78 is 11.0. The monoisotopic (exact) mass is 434 g/mol. The maximum absolute atomic E-state index is 8.47. The van der Waals surface area contributed by atoms with Crippen molar-refractivity contribution in [3.05, 3.63) is 53.9 Å². The second kappa shape index (κ2) is 8.60. The van der Waals surface area contributed by atoms with Crippen LogP contribution in [0.25, 0.3) is 21.6 Å². The molecule has 0 bridgehead atoms. The van der Waals surface area contributed by atoms with Gasteiger partial charge in [-0.3, -0.25) is 15.8 Å². The van der Waals surface area contributed by atoms with Gasteiger partial charge in [0, 0.05) is 12.3 Å². The molecule has 0 radical (unpaired) electrons. The van der Waals surface area contributed by atoms with E-state index in [1.165, 1.54) is 16.2 Å². The number of nitrogens with one attached hydrogen (secondary N) is 3. The summed E-state index contributed by atoms with van der Waals surface area (Å²) in [4.78, 5) is 9.64. The molecule has 3 N–H and O–H groups in total. The van der Waals surface area contributed by atoms with Crippen molar-refractivity contribution in [2.24, 2.45) is 0 Å². The summed E-state index contributed by atoms with van der Waals surface area (Å²) in [5.41, 5.74) is 3.94. The molecule has 9 nitrogen and oxygen atoms in total. The Hall–Kier alpha value is -3.66. The molecule has 0 saturated carbocycles. The standard InChI is InChI=1S/C21H22N8OS/c1-12(2)16-9-18(31-28-16)14-4-5-19(22)29(27-14)20(23)11-25-15-6-7-24-17-8-13(30-3)10-26-21(15)17/h4-10,12,22-23H,11H2,1-3H3,(H,24,25). The van der Waals surface area contributed by atoms with Crippen molar-refractivity contribution in [3.63, 3.8) is 0 Å². The van der Waals surface area contributed by atoms with Crippen molar-refractivity contribution in [1.82, 2.24) is 24.1 Å². The first-order chi connectivity index (χ1) is 15.0. The number of aromatic nitrogens is 5. The Bertz CT molecular complexity index is 1310. The first-order valence-corrected chi connectivity index (χ1v) is 10.5. The Morgan fingerprint density at radius 1 is 1.23 bits per heavy atom. The third kappa shape index (κ3) is 4.29. The van der Waals surface area contributed by atoms with E-state index in [-0.39, 0.29) is 17.9 Å². The average Bonchev–Trinajstić information content (AvgIpc) is 3.28. The van der Waals surface area contributed by atoms with Crippen molar-refractivity contribution in [2.75, 3.05) is 19.0 Å². The first kappa shape index (κ1) is 20.6. The Morgan fingerprint density at radius 2 is 2.06 bits per heavy atom. The Labute approximate surface area is 183 Å². The molecule has 0 fully saturated rings. The van der Waals surface area contributed by atoms with Crippen LogP contribution in [0.3, 0.4) is 0 Å². The summed E-state index contributed by atoms with van der Waals surface area (Å²) in [5, 5.41) is 24.4. The van der Waals surface area contributed by atoms with Crippen LogP contribution in [0.15, 0.2) is 42.7 Å². The van der Waals surface area contributed by atoms with Crippen molar-refractivity contribution >= 4 is 34.1 Å². The number of fused-ring (bicyclic) bond motifs is 1. The summed E-state index contributed by atoms with van der Waals surface area (Å²) >= 11 is 1.37. The first-order valence-electron chi connectivity index (χ1n) is 9.68. The normalized spacial score (nSPS) is 11.1. The van der Waals surface area contributed by atoms with Gasteiger partial charge < -0.3 is 10.1 Å². The van der Waals surface area contributed by atoms with Crippen molar-refractivity contribution < 1.29 is 4.74 Å². The van der Waals surface area contributed by atoms with Crippen LogP contribution < -0.4 is 15.5 Å². The van der Waals surface area contributed by atoms with Crippen LogP contribution in [0.5, 0.6) is 5.75 Å². The minimum atomic E-state index is 0.131. The average molecular weight is 435 g/mol. The summed E-state index contributed by atoms with van der Waals surface area (Å²) in [6, 6.07) is 9.04. The maximum Gasteiger partial charge on any atom is 0.148 e. The van der Waals surface area contributed by atoms with E-state index in [0.717, 1.165) is 16.3 Å². The summed E-state index contributed by atoms with van der Waals surface area (Å²) in [6.07, 6.45) is 3.30. The number of rotatable bonds is 6. The molecule has 158 valence electrons. The molecular formula is C21H22N8OS. The highest BCUT2D eigenvalue weighted by molar-refractivity contribution is 7.09. The third-order valence-corrected chi connectivity index (χ3v) is 5.52. The summed E-state index contributed by atoms with van der Waals surface area (Å²) in [6.45, 7) is 4.35. The molecule has 0 spiro atoms. The SMILES string of the molecule is COc1cnc2c(NCC(=N)n3nc(-c4cc(C(C)C)ns4)ccc3=N)ccnc2c1. The highest BCUT2D eigenvalue weighted by Crippen LogP contribution is 2.26. The van der Waals surface area contributed by atoms with Crippen molar-refractivity contribution in [2.45, 2.75) is 19.8 Å². The molecule has 0 unspecified atom stereocenters. The van der Waals surface area contributed by atoms with Gasteiger partial charge in [0.2, 0.25) is 0 Å². The molecule has 10 heteroatoms. The van der Waals surface area contributed by atoms with Gasteiger partial charge in [0.15, 0.2) is 0 Å². The van der Waals surface area contributed by atoms with Crippen LogP contribution in [0.1, 0.15) is 25.5 Å². The number of methoxy groups -OCH3 is 1. The van der Waals surface area contributed by atoms with E-state index < -0.39 is 0 Å². The number of anilines is 1. The van der Waals surface area contributed by atoms with Crippen LogP contribution in [0, 0.1) is 10.8 Å². The van der Waals surface area contributed by atoms with E-state index in [0.29, 0.717) is 28.4 Å². The minimum absolute atomic E-state index is 0.131. The highest BCUT2D eigenvalue weighted by atomic mass is 32.1. The van der Waals surface area contributed by atoms with Gasteiger partial charge in [-0.25, -0.2) is 4.98 Å². The van der Waals surface area contributed by atoms with Crippen molar-refractivity contribution in [1.29, 1.82) is 10.8 Å². The molecule has 0 atom stereocenters. The number of ether oxygens (including phenoxy) is 1. The fourth-order valence-corrected chi connectivity index (χ4v) is 3.81. The summed E-state index contributed by atoms with van der Waals surface area (Å²) in [5.74, 6) is 1.10. The van der Waals surface area contributed by atoms with Crippen LogP contribution in [-0.4, -0.2) is 43.6 Å². The molecule has 0 amide bonds. The van der Waals surface area contributed by atoms with Gasteiger partial charge in [-0.2, -0.15) is 14.2 Å². The topological polar surface area (TPSA) is 125 Å². The van der Waals surface area contributed by atoms with E-state index in [1.807, 2.05) is 6.07 Å². The fraction of sp³-hybridized carbons (Fsp3) is 0.238. The predicted octanol–water partition coefficient (Wildman–Crippen LogP) is 3.50. The molecule has 0 aliphatic carbocycles. The van der Waals surface area contributed by atoms with Gasteiger partial charge in [-0.15, -0.1) is 0 Å². The Kier molecular flexibility index (Phi) is 5.72. The Balaban J connectivity index is 1.56. The lowest BCUT2D eigenvalue weighted by molar-refractivity contribution is 0.413. The van der Waals surface area contributed by atoms with Crippen LogP contribution in [-0.2, 0) is 0 Å². The number of nitrogens with zero attached hydrogens (tertiary/aromatic N) is 5. The van der Waals surface area contributed by atoms with E-state index in [4.69, 9.17) is 15.6 Å². The molecule has 4 aromatic heterocycles. The zero-order valence-corrected chi connectivity index (χ0v) is 18.2. The highest BCUT2D eigenvalue weighted by Gasteiger charge is 2.12. The van der Waals surface area contributed by atoms with E-state index in [2.05, 4.69) is 38.6 Å². The third-order valence-electron chi connectivity index (χ3n) is 4.70. The Morgan fingerprint density at radius 3 is 2.81 bits per heavy atom. The molecule has 4 heterocycles. The minimum Gasteiger partial charge on any atom is -0.495 e. The smallest absolute Gasteiger partial charge is 0.148 e. The molecular weight excluding hydrogens is 412 g/mol. The zero-order chi connectivity index (χ0) is 22.0. The lowest BCUT2D eigenvalue weighted by Crippen LogP contribution is -2.33. The molecule has 0 aromatic carbocycles. The van der Waals surface area contributed by atoms with Crippen LogP contribution in [0.2, 0.25) is 0 Å². The molecule has 0 saturated heterocycles. The van der Waals surface area contributed by atoms with Gasteiger partial charge in [-0.05, 0) is 41.7 Å². The maximum atomic E-state index is 8.47. The molecule has 4 rings (SSSR count). The van der Waals surface area contributed by atoms with Gasteiger partial charge in [0.25, 0.3) is 0 Å². The molecule has 31 heavy (non-hydrogen) atoms. The number of hydrogen-bond donors (Lipinski definition) is 3. The van der Waals surface area contributed by atoms with Gasteiger partial charge in [0.1, 0.15) is 28.3 Å². The lowest BCUT2D eigenvalue weighted by Gasteiger charge is -2.12. The number of hydrogen-bond acceptors (Lipinski definition) is 9. The van der Waals surface area contributed by atoms with Crippen molar-refractivity contribution in [3.8, 4) is 16.3 Å². The van der Waals surface area contributed by atoms with E-state index in [9.17, 15) is 0 Å². The largest absolute Gasteiger partial charge is 0.495 e. The quantitative estimate of drug-likeness (QED) is 0.315. The lowest BCUT2D eigenvalue weighted by atomic mass is 10.1. The summed E-state index contributed by atoms with van der Waals surface area (Å²) in [7, 11) is 1.58. The fourth-order valence-electron chi connectivity index (χ4n) is 2.96. The van der Waals surface area contributed by atoms with Crippen LogP contribution >= 0.6 is 11.5 Å². The number of pyridine rings is 2. The van der Waals surface area contributed by atoms with E-state index in [1.54, 1.807) is 43.8 Å².